The summed E-state index contributed by atoms with van der Waals surface area (Å²) in [5.74, 6) is 0.238. The maximum Gasteiger partial charge on any atom is 0.219 e. The Hall–Kier alpha value is -1.06. The predicted octanol–water partition coefficient (Wildman–Crippen LogP) is 1.25. The molecule has 1 rings (SSSR count). The average molecular weight is 226 g/mol. The third-order valence-corrected chi connectivity index (χ3v) is 3.45. The third-order valence-electron chi connectivity index (χ3n) is 3.45. The van der Waals surface area contributed by atoms with E-state index in [1.165, 1.54) is 0 Å². The fourth-order valence-corrected chi connectivity index (χ4v) is 2.42. The molecular weight excluding hydrogens is 204 g/mol. The molecule has 2 atom stereocenters. The molecule has 0 bridgehead atoms. The van der Waals surface area contributed by atoms with Crippen LogP contribution in [-0.4, -0.2) is 46.8 Å². The second-order valence-corrected chi connectivity index (χ2v) is 4.47. The monoisotopic (exact) mass is 226 g/mol. The minimum absolute atomic E-state index is 0.119. The van der Waals surface area contributed by atoms with Gasteiger partial charge >= 0.3 is 0 Å². The van der Waals surface area contributed by atoms with E-state index in [4.69, 9.17) is 0 Å². The Morgan fingerprint density at radius 3 is 1.44 bits per heavy atom. The van der Waals surface area contributed by atoms with E-state index in [2.05, 4.69) is 13.8 Å². The van der Waals surface area contributed by atoms with Crippen molar-refractivity contribution in [3.8, 4) is 0 Å². The SMILES string of the molecule is CCC1CN(C(C)=O)C(CC)CN1C(C)=O. The zero-order valence-electron chi connectivity index (χ0n) is 10.7. The van der Waals surface area contributed by atoms with Crippen LogP contribution in [0.25, 0.3) is 0 Å². The molecule has 0 radical (unpaired) electrons. The highest BCUT2D eigenvalue weighted by Gasteiger charge is 2.34. The number of carbonyl (C=O) groups is 2. The van der Waals surface area contributed by atoms with Crippen LogP contribution in [0.4, 0.5) is 0 Å². The highest BCUT2D eigenvalue weighted by atomic mass is 16.2. The highest BCUT2D eigenvalue weighted by molar-refractivity contribution is 5.76. The van der Waals surface area contributed by atoms with Crippen molar-refractivity contribution in [2.75, 3.05) is 13.1 Å². The van der Waals surface area contributed by atoms with Crippen LogP contribution < -0.4 is 0 Å². The predicted molar refractivity (Wildman–Crippen MR) is 62.9 cm³/mol. The lowest BCUT2D eigenvalue weighted by Crippen LogP contribution is -2.60. The zero-order chi connectivity index (χ0) is 12.3. The lowest BCUT2D eigenvalue weighted by atomic mass is 10.0. The van der Waals surface area contributed by atoms with Gasteiger partial charge in [0.2, 0.25) is 11.8 Å². The molecule has 1 aliphatic heterocycles. The Bertz CT molecular complexity index is 250. The summed E-state index contributed by atoms with van der Waals surface area (Å²) in [5.41, 5.74) is 0. The number of nitrogens with zero attached hydrogens (tertiary/aromatic N) is 2. The fraction of sp³-hybridized carbons (Fsp3) is 0.833. The molecule has 0 N–H and O–H groups in total. The van der Waals surface area contributed by atoms with Gasteiger partial charge < -0.3 is 9.80 Å². The highest BCUT2D eigenvalue weighted by Crippen LogP contribution is 2.19. The van der Waals surface area contributed by atoms with E-state index in [0.717, 1.165) is 12.8 Å². The van der Waals surface area contributed by atoms with Crippen molar-refractivity contribution in [1.29, 1.82) is 0 Å². The van der Waals surface area contributed by atoms with E-state index in [-0.39, 0.29) is 23.9 Å². The van der Waals surface area contributed by atoms with E-state index in [9.17, 15) is 9.59 Å². The van der Waals surface area contributed by atoms with Gasteiger partial charge in [0.1, 0.15) is 0 Å². The molecule has 0 spiro atoms. The van der Waals surface area contributed by atoms with Gasteiger partial charge in [0, 0.05) is 39.0 Å². The summed E-state index contributed by atoms with van der Waals surface area (Å²) in [4.78, 5) is 26.9. The number of carbonyl (C=O) groups excluding carboxylic acids is 2. The molecule has 1 heterocycles. The van der Waals surface area contributed by atoms with Crippen LogP contribution in [0.2, 0.25) is 0 Å². The Kier molecular flexibility index (Phi) is 4.33. The van der Waals surface area contributed by atoms with Crippen molar-refractivity contribution in [2.45, 2.75) is 52.6 Å². The quantitative estimate of drug-likeness (QED) is 0.711. The summed E-state index contributed by atoms with van der Waals surface area (Å²) in [6.07, 6.45) is 1.81. The molecule has 4 heteroatoms. The Morgan fingerprint density at radius 2 is 1.25 bits per heavy atom. The number of hydrogen-bond donors (Lipinski definition) is 0. The van der Waals surface area contributed by atoms with Crippen LogP contribution >= 0.6 is 0 Å². The molecule has 0 aromatic heterocycles. The molecule has 92 valence electrons. The van der Waals surface area contributed by atoms with Gasteiger partial charge in [0.25, 0.3) is 0 Å². The Morgan fingerprint density at radius 1 is 0.938 bits per heavy atom. The van der Waals surface area contributed by atoms with Gasteiger partial charge in [-0.2, -0.15) is 0 Å². The average Bonchev–Trinajstić information content (AvgIpc) is 2.26. The summed E-state index contributed by atoms with van der Waals surface area (Å²) in [5, 5.41) is 0. The topological polar surface area (TPSA) is 40.6 Å². The van der Waals surface area contributed by atoms with Crippen LogP contribution in [0, 0.1) is 0 Å². The maximum atomic E-state index is 11.5. The van der Waals surface area contributed by atoms with Crippen molar-refractivity contribution in [3.63, 3.8) is 0 Å². The Labute approximate surface area is 97.6 Å². The van der Waals surface area contributed by atoms with Crippen LogP contribution in [0.15, 0.2) is 0 Å². The fourth-order valence-electron chi connectivity index (χ4n) is 2.42. The molecule has 16 heavy (non-hydrogen) atoms. The number of piperazine rings is 1. The van der Waals surface area contributed by atoms with E-state index in [0.29, 0.717) is 13.1 Å². The minimum atomic E-state index is 0.119. The molecule has 0 aromatic rings. The molecule has 0 saturated carbocycles. The van der Waals surface area contributed by atoms with Crippen LogP contribution in [0.5, 0.6) is 0 Å². The van der Waals surface area contributed by atoms with Gasteiger partial charge in [-0.15, -0.1) is 0 Å². The molecule has 1 aliphatic rings. The minimum Gasteiger partial charge on any atom is -0.336 e. The van der Waals surface area contributed by atoms with Crippen LogP contribution in [0.1, 0.15) is 40.5 Å². The molecule has 2 amide bonds. The number of rotatable bonds is 2. The van der Waals surface area contributed by atoms with Gasteiger partial charge in [-0.3, -0.25) is 9.59 Å². The zero-order valence-corrected chi connectivity index (χ0v) is 10.7. The van der Waals surface area contributed by atoms with Crippen molar-refractivity contribution in [2.24, 2.45) is 0 Å². The van der Waals surface area contributed by atoms with Gasteiger partial charge in [0.05, 0.1) is 0 Å². The first-order chi connectivity index (χ1) is 7.51. The lowest BCUT2D eigenvalue weighted by Gasteiger charge is -2.45. The number of hydrogen-bond acceptors (Lipinski definition) is 2. The number of amides is 2. The normalized spacial score (nSPS) is 25.8. The van der Waals surface area contributed by atoms with Gasteiger partial charge in [-0.1, -0.05) is 13.8 Å². The first-order valence-corrected chi connectivity index (χ1v) is 6.05. The molecule has 0 aromatic carbocycles. The van der Waals surface area contributed by atoms with Crippen molar-refractivity contribution >= 4 is 11.8 Å². The lowest BCUT2D eigenvalue weighted by molar-refractivity contribution is -0.144. The molecular formula is C12H22N2O2. The first kappa shape index (κ1) is 13.0. The first-order valence-electron chi connectivity index (χ1n) is 6.05. The summed E-state index contributed by atoms with van der Waals surface area (Å²) < 4.78 is 0. The second kappa shape index (κ2) is 5.32. The van der Waals surface area contributed by atoms with E-state index >= 15 is 0 Å². The van der Waals surface area contributed by atoms with Crippen molar-refractivity contribution in [1.82, 2.24) is 9.80 Å². The molecule has 0 aliphatic carbocycles. The summed E-state index contributed by atoms with van der Waals surface area (Å²) >= 11 is 0. The molecule has 4 nitrogen and oxygen atoms in total. The largest absolute Gasteiger partial charge is 0.336 e. The third kappa shape index (κ3) is 2.54. The summed E-state index contributed by atoms with van der Waals surface area (Å²) in [6, 6.07) is 0.369. The maximum absolute atomic E-state index is 11.5. The van der Waals surface area contributed by atoms with E-state index in [1.807, 2.05) is 9.80 Å². The van der Waals surface area contributed by atoms with E-state index < -0.39 is 0 Å². The van der Waals surface area contributed by atoms with Crippen LogP contribution in [-0.2, 0) is 9.59 Å². The second-order valence-electron chi connectivity index (χ2n) is 4.47. The van der Waals surface area contributed by atoms with Gasteiger partial charge in [-0.05, 0) is 12.8 Å². The standard InChI is InChI=1S/C12H22N2O2/c1-5-11-7-14(10(4)16)12(6-2)8-13(11)9(3)15/h11-12H,5-8H2,1-4H3. The van der Waals surface area contributed by atoms with Crippen LogP contribution in [0.3, 0.4) is 0 Å². The van der Waals surface area contributed by atoms with E-state index in [1.54, 1.807) is 13.8 Å². The Balaban J connectivity index is 2.83. The smallest absolute Gasteiger partial charge is 0.219 e. The molecule has 1 saturated heterocycles. The van der Waals surface area contributed by atoms with Gasteiger partial charge in [-0.25, -0.2) is 0 Å². The van der Waals surface area contributed by atoms with Gasteiger partial charge in [0.15, 0.2) is 0 Å². The molecule has 1 fully saturated rings. The van der Waals surface area contributed by atoms with Crippen molar-refractivity contribution < 1.29 is 9.59 Å². The summed E-state index contributed by atoms with van der Waals surface area (Å²) in [6.45, 7) is 8.71. The van der Waals surface area contributed by atoms with Crippen molar-refractivity contribution in [3.05, 3.63) is 0 Å². The summed E-state index contributed by atoms with van der Waals surface area (Å²) in [7, 11) is 0. The molecule has 2 unspecified atom stereocenters.